The van der Waals surface area contributed by atoms with Gasteiger partial charge in [0.25, 0.3) is 0 Å². The van der Waals surface area contributed by atoms with Gasteiger partial charge in [0.15, 0.2) is 0 Å². The van der Waals surface area contributed by atoms with Gasteiger partial charge in [-0.25, -0.2) is 8.42 Å². The minimum atomic E-state index is -3.52. The second-order valence-electron chi connectivity index (χ2n) is 7.90. The van der Waals surface area contributed by atoms with Crippen molar-refractivity contribution in [3.63, 3.8) is 0 Å². The lowest BCUT2D eigenvalue weighted by Gasteiger charge is -2.37. The van der Waals surface area contributed by atoms with Crippen LogP contribution < -0.4 is 10.6 Å². The van der Waals surface area contributed by atoms with Crippen molar-refractivity contribution in [2.45, 2.75) is 81.8 Å². The van der Waals surface area contributed by atoms with Gasteiger partial charge in [0, 0.05) is 23.8 Å². The highest BCUT2D eigenvalue weighted by Crippen LogP contribution is 2.29. The van der Waals surface area contributed by atoms with Crippen LogP contribution >= 0.6 is 0 Å². The zero-order chi connectivity index (χ0) is 19.4. The second kappa shape index (κ2) is 8.71. The topological polar surface area (TPSA) is 78.5 Å². The Morgan fingerprint density at radius 2 is 1.59 bits per heavy atom. The van der Waals surface area contributed by atoms with E-state index < -0.39 is 10.0 Å². The van der Waals surface area contributed by atoms with Gasteiger partial charge in [0.2, 0.25) is 15.9 Å². The third-order valence-electron chi connectivity index (χ3n) is 5.73. The van der Waals surface area contributed by atoms with Crippen LogP contribution in [0.15, 0.2) is 29.2 Å². The highest BCUT2D eigenvalue weighted by molar-refractivity contribution is 7.89. The van der Waals surface area contributed by atoms with Crippen LogP contribution in [0.3, 0.4) is 0 Å². The fourth-order valence-electron chi connectivity index (χ4n) is 4.28. The molecule has 0 aromatic heterocycles. The maximum Gasteiger partial charge on any atom is 0.243 e. The van der Waals surface area contributed by atoms with E-state index in [1.807, 2.05) is 13.8 Å². The average Bonchev–Trinajstić information content (AvgIpc) is 3.14. The first-order chi connectivity index (χ1) is 12.9. The van der Waals surface area contributed by atoms with Gasteiger partial charge in [-0.3, -0.25) is 4.79 Å². The van der Waals surface area contributed by atoms with Crippen LogP contribution in [0.25, 0.3) is 0 Å². The Morgan fingerprint density at radius 3 is 2.19 bits per heavy atom. The summed E-state index contributed by atoms with van der Waals surface area (Å²) in [6, 6.07) is 6.97. The van der Waals surface area contributed by atoms with E-state index in [-0.39, 0.29) is 29.4 Å². The summed E-state index contributed by atoms with van der Waals surface area (Å²) in [6.07, 6.45) is 7.57. The Hall–Kier alpha value is -1.44. The van der Waals surface area contributed by atoms with E-state index in [0.29, 0.717) is 11.7 Å². The van der Waals surface area contributed by atoms with Gasteiger partial charge < -0.3 is 10.6 Å². The number of nitrogens with zero attached hydrogens (tertiary/aromatic N) is 1. The summed E-state index contributed by atoms with van der Waals surface area (Å²) >= 11 is 0. The van der Waals surface area contributed by atoms with E-state index in [9.17, 15) is 13.2 Å². The molecule has 0 unspecified atom stereocenters. The third-order valence-corrected chi connectivity index (χ3v) is 7.88. The lowest BCUT2D eigenvalue weighted by atomic mass is 10.0. The number of piperidine rings is 1. The SMILES string of the molecule is C[C@@H]1CCC[C@@H](C)N1S(=O)(=O)c1ccc(NC(=O)CNC2CCCC2)cc1. The number of rotatable bonds is 6. The highest BCUT2D eigenvalue weighted by Gasteiger charge is 2.35. The molecule has 27 heavy (non-hydrogen) atoms. The zero-order valence-electron chi connectivity index (χ0n) is 16.3. The number of sulfonamides is 1. The van der Waals surface area contributed by atoms with Crippen molar-refractivity contribution >= 4 is 21.6 Å². The monoisotopic (exact) mass is 393 g/mol. The Labute approximate surface area is 162 Å². The molecular formula is C20H31N3O3S. The number of nitrogens with one attached hydrogen (secondary N) is 2. The van der Waals surface area contributed by atoms with Crippen molar-refractivity contribution in [3.8, 4) is 0 Å². The Morgan fingerprint density at radius 1 is 1.00 bits per heavy atom. The van der Waals surface area contributed by atoms with E-state index in [4.69, 9.17) is 0 Å². The van der Waals surface area contributed by atoms with Crippen LogP contribution in [0, 0.1) is 0 Å². The van der Waals surface area contributed by atoms with Crippen molar-refractivity contribution in [2.75, 3.05) is 11.9 Å². The molecule has 1 aromatic carbocycles. The maximum atomic E-state index is 13.0. The van der Waals surface area contributed by atoms with Gasteiger partial charge in [0.05, 0.1) is 11.4 Å². The first kappa shape index (κ1) is 20.3. The quantitative estimate of drug-likeness (QED) is 0.778. The normalized spacial score (nSPS) is 24.8. The molecule has 7 heteroatoms. The standard InChI is InChI=1S/C20H31N3O3S/c1-15-6-5-7-16(2)23(15)27(25,26)19-12-10-18(11-13-19)22-20(24)14-21-17-8-3-4-9-17/h10-13,15-17,21H,3-9,14H2,1-2H3,(H,22,24)/t15-,16-/m1/s1. The lowest BCUT2D eigenvalue weighted by Crippen LogP contribution is -2.47. The minimum Gasteiger partial charge on any atom is -0.325 e. The van der Waals surface area contributed by atoms with Crippen molar-refractivity contribution < 1.29 is 13.2 Å². The molecule has 2 atom stereocenters. The number of hydrogen-bond donors (Lipinski definition) is 2. The summed E-state index contributed by atoms with van der Waals surface area (Å²) in [4.78, 5) is 12.4. The summed E-state index contributed by atoms with van der Waals surface area (Å²) in [5.74, 6) is -0.101. The Bertz CT molecular complexity index is 732. The number of hydrogen-bond acceptors (Lipinski definition) is 4. The summed E-state index contributed by atoms with van der Waals surface area (Å²) in [5.41, 5.74) is 0.618. The second-order valence-corrected chi connectivity index (χ2v) is 9.74. The van der Waals surface area contributed by atoms with Gasteiger partial charge in [-0.15, -0.1) is 0 Å². The van der Waals surface area contributed by atoms with Gasteiger partial charge in [-0.05, 0) is 63.8 Å². The molecule has 0 bridgehead atoms. The Kier molecular flexibility index (Phi) is 6.55. The first-order valence-electron chi connectivity index (χ1n) is 10.0. The average molecular weight is 394 g/mol. The maximum absolute atomic E-state index is 13.0. The molecule has 1 aliphatic heterocycles. The number of anilines is 1. The van der Waals surface area contributed by atoms with Gasteiger partial charge in [-0.2, -0.15) is 4.31 Å². The summed E-state index contributed by atoms with van der Waals surface area (Å²) in [5, 5.41) is 6.11. The van der Waals surface area contributed by atoms with Crippen molar-refractivity contribution in [3.05, 3.63) is 24.3 Å². The van der Waals surface area contributed by atoms with Crippen LogP contribution in [-0.4, -0.2) is 43.3 Å². The van der Waals surface area contributed by atoms with Crippen molar-refractivity contribution in [2.24, 2.45) is 0 Å². The number of amides is 1. The lowest BCUT2D eigenvalue weighted by molar-refractivity contribution is -0.115. The molecule has 3 rings (SSSR count). The Balaban J connectivity index is 1.61. The zero-order valence-corrected chi connectivity index (χ0v) is 17.1. The molecule has 2 N–H and O–H groups in total. The molecule has 2 fully saturated rings. The summed E-state index contributed by atoms with van der Waals surface area (Å²) < 4.78 is 27.7. The fourth-order valence-corrected chi connectivity index (χ4v) is 6.16. The largest absolute Gasteiger partial charge is 0.325 e. The van der Waals surface area contributed by atoms with Crippen LogP contribution in [0.1, 0.15) is 58.8 Å². The number of carbonyl (C=O) groups excluding carboxylic acids is 1. The van der Waals surface area contributed by atoms with Crippen LogP contribution in [0.2, 0.25) is 0 Å². The molecular weight excluding hydrogens is 362 g/mol. The minimum absolute atomic E-state index is 0.0137. The predicted octanol–water partition coefficient (Wildman–Crippen LogP) is 3.11. The molecule has 0 radical (unpaired) electrons. The van der Waals surface area contributed by atoms with Crippen molar-refractivity contribution in [1.82, 2.24) is 9.62 Å². The van der Waals surface area contributed by atoms with Crippen LogP contribution in [-0.2, 0) is 14.8 Å². The van der Waals surface area contributed by atoms with Crippen LogP contribution in [0.5, 0.6) is 0 Å². The molecule has 0 spiro atoms. The molecule has 1 heterocycles. The molecule has 1 saturated heterocycles. The number of carbonyl (C=O) groups is 1. The first-order valence-corrected chi connectivity index (χ1v) is 11.5. The molecule has 1 saturated carbocycles. The van der Waals surface area contributed by atoms with E-state index in [0.717, 1.165) is 32.1 Å². The molecule has 150 valence electrons. The van der Waals surface area contributed by atoms with E-state index >= 15 is 0 Å². The van der Waals surface area contributed by atoms with E-state index in [2.05, 4.69) is 10.6 Å². The van der Waals surface area contributed by atoms with Gasteiger partial charge >= 0.3 is 0 Å². The molecule has 1 amide bonds. The van der Waals surface area contributed by atoms with Gasteiger partial charge in [-0.1, -0.05) is 19.3 Å². The summed E-state index contributed by atoms with van der Waals surface area (Å²) in [7, 11) is -3.52. The van der Waals surface area contributed by atoms with E-state index in [1.54, 1.807) is 28.6 Å². The molecule has 2 aliphatic rings. The van der Waals surface area contributed by atoms with Crippen LogP contribution in [0.4, 0.5) is 5.69 Å². The third kappa shape index (κ3) is 4.89. The smallest absolute Gasteiger partial charge is 0.243 e. The number of benzene rings is 1. The molecule has 1 aromatic rings. The fraction of sp³-hybridized carbons (Fsp3) is 0.650. The molecule has 1 aliphatic carbocycles. The highest BCUT2D eigenvalue weighted by atomic mass is 32.2. The van der Waals surface area contributed by atoms with Crippen molar-refractivity contribution in [1.29, 1.82) is 0 Å². The predicted molar refractivity (Wildman–Crippen MR) is 107 cm³/mol. The van der Waals surface area contributed by atoms with Gasteiger partial charge in [0.1, 0.15) is 0 Å². The molecule has 6 nitrogen and oxygen atoms in total. The van der Waals surface area contributed by atoms with E-state index in [1.165, 1.54) is 12.8 Å². The summed E-state index contributed by atoms with van der Waals surface area (Å²) in [6.45, 7) is 4.23.